The Morgan fingerprint density at radius 2 is 2.17 bits per heavy atom. The van der Waals surface area contributed by atoms with Crippen LogP contribution in [-0.4, -0.2) is 24.2 Å². The second kappa shape index (κ2) is 6.83. The highest BCUT2D eigenvalue weighted by atomic mass is 16.2. The fourth-order valence-electron chi connectivity index (χ4n) is 1.48. The van der Waals surface area contributed by atoms with Gasteiger partial charge >= 0.3 is 0 Å². The zero-order valence-electron chi connectivity index (χ0n) is 11.1. The van der Waals surface area contributed by atoms with Crippen LogP contribution in [0, 0.1) is 24.7 Å². The number of aliphatic hydroxyl groups excluding tert-OH is 1. The van der Waals surface area contributed by atoms with Crippen LogP contribution in [0.3, 0.4) is 0 Å². The zero-order valence-corrected chi connectivity index (χ0v) is 11.1. The molecule has 1 rings (SSSR count). The average molecular weight is 245 g/mol. The van der Waals surface area contributed by atoms with E-state index in [0.29, 0.717) is 18.0 Å². The number of nitrogens with one attached hydrogen (secondary N) is 1. The largest absolute Gasteiger partial charge is 0.384 e. The van der Waals surface area contributed by atoms with E-state index in [9.17, 15) is 4.79 Å². The molecule has 0 aromatic heterocycles. The van der Waals surface area contributed by atoms with Crippen LogP contribution in [0.2, 0.25) is 0 Å². The third-order valence-electron chi connectivity index (χ3n) is 2.46. The average Bonchev–Trinajstić information content (AvgIpc) is 2.34. The lowest BCUT2D eigenvalue weighted by molar-refractivity contribution is 0.0949. The summed E-state index contributed by atoms with van der Waals surface area (Å²) in [6.45, 7) is 6.53. The normalized spacial score (nSPS) is 9.83. The maximum absolute atomic E-state index is 11.8. The summed E-state index contributed by atoms with van der Waals surface area (Å²) in [6.07, 6.45) is 0. The topological polar surface area (TPSA) is 49.3 Å². The van der Waals surface area contributed by atoms with E-state index in [1.807, 2.05) is 19.1 Å². The van der Waals surface area contributed by atoms with Gasteiger partial charge in [-0.15, -0.1) is 0 Å². The molecule has 1 aromatic carbocycles. The van der Waals surface area contributed by atoms with Crippen molar-refractivity contribution in [3.8, 4) is 11.8 Å². The molecule has 0 bridgehead atoms. The molecule has 0 aliphatic rings. The van der Waals surface area contributed by atoms with E-state index in [-0.39, 0.29) is 12.5 Å². The second-order valence-corrected chi connectivity index (χ2v) is 4.59. The highest BCUT2D eigenvalue weighted by molar-refractivity contribution is 5.94. The van der Waals surface area contributed by atoms with E-state index in [0.717, 1.165) is 11.1 Å². The van der Waals surface area contributed by atoms with E-state index in [1.165, 1.54) is 0 Å². The highest BCUT2D eigenvalue weighted by Gasteiger charge is 2.07. The Bertz CT molecular complexity index is 481. The molecule has 96 valence electrons. The molecular formula is C15H19NO2. The minimum atomic E-state index is -0.157. The Kier molecular flexibility index (Phi) is 5.41. The van der Waals surface area contributed by atoms with Crippen LogP contribution in [0.25, 0.3) is 0 Å². The van der Waals surface area contributed by atoms with Gasteiger partial charge in [-0.2, -0.15) is 0 Å². The number of carbonyl (C=O) groups excluding carboxylic acids is 1. The molecule has 2 N–H and O–H groups in total. The van der Waals surface area contributed by atoms with Gasteiger partial charge < -0.3 is 10.4 Å². The highest BCUT2D eigenvalue weighted by Crippen LogP contribution is 2.10. The summed E-state index contributed by atoms with van der Waals surface area (Å²) < 4.78 is 0. The Hall–Kier alpha value is -1.79. The number of hydrogen-bond donors (Lipinski definition) is 2. The third-order valence-corrected chi connectivity index (χ3v) is 2.46. The predicted octanol–water partition coefficient (Wildman–Crippen LogP) is 1.72. The summed E-state index contributed by atoms with van der Waals surface area (Å²) >= 11 is 0. The van der Waals surface area contributed by atoms with Crippen LogP contribution in [0.1, 0.15) is 35.3 Å². The standard InChI is InChI=1S/C15H19NO2/c1-11(2)10-16-15(18)14-7-6-13(5-4-8-17)12(3)9-14/h6-7,9,11,17H,8,10H2,1-3H3,(H,16,18). The van der Waals surface area contributed by atoms with Crippen molar-refractivity contribution in [1.82, 2.24) is 5.32 Å². The first-order chi connectivity index (χ1) is 8.54. The van der Waals surface area contributed by atoms with E-state index in [1.54, 1.807) is 6.07 Å². The smallest absolute Gasteiger partial charge is 0.251 e. The van der Waals surface area contributed by atoms with Crippen molar-refractivity contribution in [2.75, 3.05) is 13.2 Å². The minimum absolute atomic E-state index is 0.0616. The van der Waals surface area contributed by atoms with Gasteiger partial charge in [-0.05, 0) is 36.6 Å². The molecule has 0 radical (unpaired) electrons. The number of rotatable bonds is 3. The van der Waals surface area contributed by atoms with Gasteiger partial charge in [-0.25, -0.2) is 0 Å². The second-order valence-electron chi connectivity index (χ2n) is 4.59. The summed E-state index contributed by atoms with van der Waals surface area (Å²) in [5, 5.41) is 11.5. The summed E-state index contributed by atoms with van der Waals surface area (Å²) in [7, 11) is 0. The number of hydrogen-bond acceptors (Lipinski definition) is 2. The molecule has 3 heteroatoms. The molecule has 3 nitrogen and oxygen atoms in total. The molecular weight excluding hydrogens is 226 g/mol. The molecule has 0 heterocycles. The molecule has 0 aliphatic heterocycles. The first-order valence-electron chi connectivity index (χ1n) is 6.03. The van der Waals surface area contributed by atoms with E-state index in [2.05, 4.69) is 31.0 Å². The van der Waals surface area contributed by atoms with Crippen LogP contribution in [0.5, 0.6) is 0 Å². The van der Waals surface area contributed by atoms with Crippen molar-refractivity contribution in [2.45, 2.75) is 20.8 Å². The monoisotopic (exact) mass is 245 g/mol. The summed E-state index contributed by atoms with van der Waals surface area (Å²) in [6, 6.07) is 5.38. The molecule has 1 aromatic rings. The first kappa shape index (κ1) is 14.3. The van der Waals surface area contributed by atoms with Crippen LogP contribution in [0.4, 0.5) is 0 Å². The van der Waals surface area contributed by atoms with Crippen LogP contribution in [0.15, 0.2) is 18.2 Å². The Morgan fingerprint density at radius 3 is 2.72 bits per heavy atom. The van der Waals surface area contributed by atoms with E-state index >= 15 is 0 Å². The van der Waals surface area contributed by atoms with Gasteiger partial charge in [0, 0.05) is 17.7 Å². The summed E-state index contributed by atoms with van der Waals surface area (Å²) in [4.78, 5) is 11.8. The van der Waals surface area contributed by atoms with Crippen molar-refractivity contribution in [2.24, 2.45) is 5.92 Å². The molecule has 0 spiro atoms. The molecule has 0 saturated carbocycles. The quantitative estimate of drug-likeness (QED) is 0.797. The number of aliphatic hydroxyl groups is 1. The lowest BCUT2D eigenvalue weighted by Gasteiger charge is -2.08. The molecule has 18 heavy (non-hydrogen) atoms. The third kappa shape index (κ3) is 4.23. The van der Waals surface area contributed by atoms with Gasteiger partial charge in [0.1, 0.15) is 6.61 Å². The zero-order chi connectivity index (χ0) is 13.5. The van der Waals surface area contributed by atoms with Crippen LogP contribution >= 0.6 is 0 Å². The van der Waals surface area contributed by atoms with Gasteiger partial charge in [0.15, 0.2) is 0 Å². The van der Waals surface area contributed by atoms with Crippen molar-refractivity contribution in [1.29, 1.82) is 0 Å². The number of benzene rings is 1. The number of carbonyl (C=O) groups is 1. The SMILES string of the molecule is Cc1cc(C(=O)NCC(C)C)ccc1C#CCO. The maximum atomic E-state index is 11.8. The van der Waals surface area contributed by atoms with Crippen molar-refractivity contribution in [3.05, 3.63) is 34.9 Å². The number of amides is 1. The van der Waals surface area contributed by atoms with Crippen molar-refractivity contribution < 1.29 is 9.90 Å². The van der Waals surface area contributed by atoms with Crippen molar-refractivity contribution in [3.63, 3.8) is 0 Å². The molecule has 0 unspecified atom stereocenters. The molecule has 0 atom stereocenters. The lowest BCUT2D eigenvalue weighted by atomic mass is 10.0. The van der Waals surface area contributed by atoms with Gasteiger partial charge in [-0.3, -0.25) is 4.79 Å². The predicted molar refractivity (Wildman–Crippen MR) is 72.3 cm³/mol. The minimum Gasteiger partial charge on any atom is -0.384 e. The lowest BCUT2D eigenvalue weighted by Crippen LogP contribution is -2.27. The van der Waals surface area contributed by atoms with E-state index < -0.39 is 0 Å². The van der Waals surface area contributed by atoms with Crippen LogP contribution < -0.4 is 5.32 Å². The van der Waals surface area contributed by atoms with E-state index in [4.69, 9.17) is 5.11 Å². The van der Waals surface area contributed by atoms with Gasteiger partial charge in [0.2, 0.25) is 0 Å². The summed E-state index contributed by atoms with van der Waals surface area (Å²) in [5.41, 5.74) is 2.42. The first-order valence-corrected chi connectivity index (χ1v) is 6.03. The van der Waals surface area contributed by atoms with Crippen molar-refractivity contribution >= 4 is 5.91 Å². The Labute approximate surface area is 108 Å². The van der Waals surface area contributed by atoms with Gasteiger partial charge in [0.05, 0.1) is 0 Å². The van der Waals surface area contributed by atoms with Crippen LogP contribution in [-0.2, 0) is 0 Å². The Balaban J connectivity index is 2.80. The van der Waals surface area contributed by atoms with Gasteiger partial charge in [0.25, 0.3) is 5.91 Å². The fourth-order valence-corrected chi connectivity index (χ4v) is 1.48. The number of aryl methyl sites for hydroxylation is 1. The molecule has 0 aliphatic carbocycles. The molecule has 0 saturated heterocycles. The molecule has 1 amide bonds. The fraction of sp³-hybridized carbons (Fsp3) is 0.400. The van der Waals surface area contributed by atoms with Gasteiger partial charge in [-0.1, -0.05) is 25.7 Å². The summed E-state index contributed by atoms with van der Waals surface area (Å²) in [5.74, 6) is 5.82. The maximum Gasteiger partial charge on any atom is 0.251 e. The Morgan fingerprint density at radius 1 is 1.44 bits per heavy atom. The molecule has 0 fully saturated rings.